The van der Waals surface area contributed by atoms with Gasteiger partial charge >= 0.3 is 0 Å². The summed E-state index contributed by atoms with van der Waals surface area (Å²) < 4.78 is 5.34. The Bertz CT molecular complexity index is 573. The van der Waals surface area contributed by atoms with E-state index >= 15 is 0 Å². The smallest absolute Gasteiger partial charge is 0.134 e. The van der Waals surface area contributed by atoms with E-state index in [1.165, 1.54) is 0 Å². The Balaban J connectivity index is 2.69. The predicted octanol–water partition coefficient (Wildman–Crippen LogP) is 2.65. The van der Waals surface area contributed by atoms with Crippen molar-refractivity contribution in [3.63, 3.8) is 0 Å². The molecule has 3 heteroatoms. The van der Waals surface area contributed by atoms with Crippen molar-refractivity contribution in [2.75, 3.05) is 0 Å². The molecule has 1 heterocycles. The van der Waals surface area contributed by atoms with Crippen molar-refractivity contribution in [1.82, 2.24) is 0 Å². The first-order valence-corrected chi connectivity index (χ1v) is 4.57. The van der Waals surface area contributed by atoms with E-state index in [4.69, 9.17) is 15.4 Å². The molecule has 2 N–H and O–H groups in total. The molecule has 0 unspecified atom stereocenters. The summed E-state index contributed by atoms with van der Waals surface area (Å²) in [6.45, 7) is 1.69. The molecule has 0 aliphatic heterocycles. The maximum atomic E-state index is 8.76. The molecule has 0 saturated carbocycles. The topological polar surface area (TPSA) is 63.0 Å². The minimum Gasteiger partial charge on any atom is -0.464 e. The van der Waals surface area contributed by atoms with Gasteiger partial charge in [-0.05, 0) is 13.0 Å². The second-order valence-corrected chi connectivity index (χ2v) is 3.30. The van der Waals surface area contributed by atoms with E-state index in [-0.39, 0.29) is 0 Å². The summed E-state index contributed by atoms with van der Waals surface area (Å²) in [5.74, 6) is 0. The van der Waals surface area contributed by atoms with Crippen LogP contribution in [0.4, 0.5) is 0 Å². The largest absolute Gasteiger partial charge is 0.464 e. The number of nitrogens with two attached hydrogens (primary N) is 1. The fourth-order valence-electron chi connectivity index (χ4n) is 1.45. The number of nitriles is 1. The quantitative estimate of drug-likeness (QED) is 0.716. The molecule has 74 valence electrons. The van der Waals surface area contributed by atoms with Crippen LogP contribution in [0.5, 0.6) is 0 Å². The van der Waals surface area contributed by atoms with Gasteiger partial charge in [0, 0.05) is 10.9 Å². The third-order valence-corrected chi connectivity index (χ3v) is 2.34. The molecular formula is C12H10N2O. The fourth-order valence-corrected chi connectivity index (χ4v) is 1.45. The Morgan fingerprint density at radius 2 is 2.13 bits per heavy atom. The summed E-state index contributed by atoms with van der Waals surface area (Å²) >= 11 is 0. The van der Waals surface area contributed by atoms with Crippen LogP contribution < -0.4 is 5.73 Å². The zero-order valence-corrected chi connectivity index (χ0v) is 8.32. The molecule has 0 spiro atoms. The van der Waals surface area contributed by atoms with Gasteiger partial charge < -0.3 is 10.2 Å². The molecule has 1 aromatic carbocycles. The highest BCUT2D eigenvalue weighted by atomic mass is 16.3. The fraction of sp³-hybridized carbons (Fsp3) is 0.0833. The average molecular weight is 198 g/mol. The lowest BCUT2D eigenvalue weighted by Gasteiger charge is -1.98. The standard InChI is InChI=1S/C12H10N2O/c1-8(6-13)12(14)10-7-15-11-5-3-2-4-9(10)11/h2-5,7H,14H2,1H3/b12-8-. The van der Waals surface area contributed by atoms with Crippen molar-refractivity contribution in [2.45, 2.75) is 6.92 Å². The number of hydrogen-bond donors (Lipinski definition) is 1. The number of para-hydroxylation sites is 1. The summed E-state index contributed by atoms with van der Waals surface area (Å²) in [5.41, 5.74) is 8.39. The molecule has 2 rings (SSSR count). The molecule has 0 saturated heterocycles. The number of furan rings is 1. The van der Waals surface area contributed by atoms with Crippen molar-refractivity contribution < 1.29 is 4.42 Å². The van der Waals surface area contributed by atoms with Crippen molar-refractivity contribution in [1.29, 1.82) is 5.26 Å². The highest BCUT2D eigenvalue weighted by Gasteiger charge is 2.09. The van der Waals surface area contributed by atoms with Crippen LogP contribution in [0.25, 0.3) is 16.7 Å². The first kappa shape index (κ1) is 9.35. The van der Waals surface area contributed by atoms with Crippen LogP contribution in [-0.4, -0.2) is 0 Å². The Labute approximate surface area is 87.4 Å². The number of allylic oxidation sites excluding steroid dienone is 1. The lowest BCUT2D eigenvalue weighted by Crippen LogP contribution is -1.97. The van der Waals surface area contributed by atoms with Gasteiger partial charge in [0.05, 0.1) is 17.3 Å². The summed E-state index contributed by atoms with van der Waals surface area (Å²) in [6.07, 6.45) is 1.58. The molecule has 0 radical (unpaired) electrons. The van der Waals surface area contributed by atoms with Crippen LogP contribution in [-0.2, 0) is 0 Å². The van der Waals surface area contributed by atoms with E-state index < -0.39 is 0 Å². The molecule has 0 aliphatic carbocycles. The van der Waals surface area contributed by atoms with Crippen LogP contribution in [0.1, 0.15) is 12.5 Å². The zero-order chi connectivity index (χ0) is 10.8. The van der Waals surface area contributed by atoms with Gasteiger partial charge in [-0.3, -0.25) is 0 Å². The van der Waals surface area contributed by atoms with Gasteiger partial charge in [-0.2, -0.15) is 5.26 Å². The third kappa shape index (κ3) is 1.46. The maximum Gasteiger partial charge on any atom is 0.134 e. The van der Waals surface area contributed by atoms with Crippen LogP contribution in [0.15, 0.2) is 40.5 Å². The number of nitrogens with zero attached hydrogens (tertiary/aromatic N) is 1. The normalized spacial score (nSPS) is 12.3. The first-order chi connectivity index (χ1) is 7.24. The Morgan fingerprint density at radius 3 is 2.87 bits per heavy atom. The number of fused-ring (bicyclic) bond motifs is 1. The number of benzene rings is 1. The highest BCUT2D eigenvalue weighted by Crippen LogP contribution is 2.25. The van der Waals surface area contributed by atoms with E-state index in [2.05, 4.69) is 0 Å². The Kier molecular flexibility index (Phi) is 2.18. The van der Waals surface area contributed by atoms with Gasteiger partial charge in [0.15, 0.2) is 0 Å². The van der Waals surface area contributed by atoms with Crippen molar-refractivity contribution in [3.05, 3.63) is 41.7 Å². The first-order valence-electron chi connectivity index (χ1n) is 4.57. The van der Waals surface area contributed by atoms with Crippen molar-refractivity contribution in [2.24, 2.45) is 5.73 Å². The minimum absolute atomic E-state index is 0.474. The summed E-state index contributed by atoms with van der Waals surface area (Å²) in [4.78, 5) is 0. The molecule has 0 fully saturated rings. The van der Waals surface area contributed by atoms with Crippen LogP contribution in [0.2, 0.25) is 0 Å². The summed E-state index contributed by atoms with van der Waals surface area (Å²) in [5, 5.41) is 9.69. The van der Waals surface area contributed by atoms with E-state index in [9.17, 15) is 0 Å². The predicted molar refractivity (Wildman–Crippen MR) is 58.6 cm³/mol. The molecular weight excluding hydrogens is 188 g/mol. The van der Waals surface area contributed by atoms with E-state index in [1.807, 2.05) is 30.3 Å². The number of rotatable bonds is 1. The second kappa shape index (κ2) is 3.50. The van der Waals surface area contributed by atoms with Crippen molar-refractivity contribution in [3.8, 4) is 6.07 Å². The summed E-state index contributed by atoms with van der Waals surface area (Å²) in [6, 6.07) is 9.63. The highest BCUT2D eigenvalue weighted by molar-refractivity contribution is 5.91. The van der Waals surface area contributed by atoms with Gasteiger partial charge in [0.2, 0.25) is 0 Å². The Morgan fingerprint density at radius 1 is 1.40 bits per heavy atom. The van der Waals surface area contributed by atoms with Gasteiger partial charge in [0.25, 0.3) is 0 Å². The van der Waals surface area contributed by atoms with E-state index in [0.29, 0.717) is 11.3 Å². The number of hydrogen-bond acceptors (Lipinski definition) is 3. The average Bonchev–Trinajstić information content (AvgIpc) is 2.70. The SMILES string of the molecule is C/C(C#N)=C(/N)c1coc2ccccc12. The van der Waals surface area contributed by atoms with Crippen LogP contribution >= 0.6 is 0 Å². The van der Waals surface area contributed by atoms with Gasteiger partial charge in [-0.25, -0.2) is 0 Å². The van der Waals surface area contributed by atoms with E-state index in [0.717, 1.165) is 16.5 Å². The maximum absolute atomic E-state index is 8.76. The molecule has 3 nitrogen and oxygen atoms in total. The van der Waals surface area contributed by atoms with Gasteiger partial charge in [-0.15, -0.1) is 0 Å². The summed E-state index contributed by atoms with van der Waals surface area (Å²) in [7, 11) is 0. The lowest BCUT2D eigenvalue weighted by molar-refractivity contribution is 0.614. The van der Waals surface area contributed by atoms with Gasteiger partial charge in [0.1, 0.15) is 11.8 Å². The van der Waals surface area contributed by atoms with Crippen molar-refractivity contribution >= 4 is 16.7 Å². The monoisotopic (exact) mass is 198 g/mol. The minimum atomic E-state index is 0.474. The molecule has 2 aromatic rings. The molecule has 0 amide bonds. The lowest BCUT2D eigenvalue weighted by atomic mass is 10.1. The molecule has 15 heavy (non-hydrogen) atoms. The van der Waals surface area contributed by atoms with E-state index in [1.54, 1.807) is 13.2 Å². The van der Waals surface area contributed by atoms with Gasteiger partial charge in [-0.1, -0.05) is 18.2 Å². The second-order valence-electron chi connectivity index (χ2n) is 3.30. The van der Waals surface area contributed by atoms with Crippen LogP contribution in [0.3, 0.4) is 0 Å². The van der Waals surface area contributed by atoms with Crippen LogP contribution in [0, 0.1) is 11.3 Å². The molecule has 1 aromatic heterocycles. The molecule has 0 aliphatic rings. The third-order valence-electron chi connectivity index (χ3n) is 2.34. The molecule has 0 bridgehead atoms. The molecule has 0 atom stereocenters. The Hall–Kier alpha value is -2.21. The zero-order valence-electron chi connectivity index (χ0n) is 8.32.